The number of halogens is 2. The SMILES string of the molecule is Cc1ccc(C)c(/C(O)=C2\C(=O)C(=O)N(c3nnc(SCc4ccc(F)cc4)s3)C2c2ccc(Cl)cc2)c1. The molecule has 1 fully saturated rings. The fourth-order valence-corrected chi connectivity index (χ4v) is 6.16. The molecule has 1 amide bonds. The highest BCUT2D eigenvalue weighted by molar-refractivity contribution is 8.00. The number of ketones is 1. The fourth-order valence-electron chi connectivity index (χ4n) is 4.21. The number of nitrogens with zero attached hydrogens (tertiary/aromatic N) is 3. The second-order valence-electron chi connectivity index (χ2n) is 8.80. The van der Waals surface area contributed by atoms with Crippen molar-refractivity contribution < 1.29 is 19.1 Å². The summed E-state index contributed by atoms with van der Waals surface area (Å²) in [6.45, 7) is 3.72. The van der Waals surface area contributed by atoms with Gasteiger partial charge in [0.15, 0.2) is 4.34 Å². The maximum Gasteiger partial charge on any atom is 0.301 e. The number of benzene rings is 3. The second-order valence-corrected chi connectivity index (χ2v) is 11.4. The topological polar surface area (TPSA) is 83.4 Å². The van der Waals surface area contributed by atoms with Crippen LogP contribution in [0, 0.1) is 19.7 Å². The summed E-state index contributed by atoms with van der Waals surface area (Å²) in [5, 5.41) is 20.5. The summed E-state index contributed by atoms with van der Waals surface area (Å²) in [4.78, 5) is 28.0. The molecule has 1 aromatic heterocycles. The molecular weight excluding hydrogens is 545 g/mol. The van der Waals surface area contributed by atoms with Gasteiger partial charge < -0.3 is 5.11 Å². The van der Waals surface area contributed by atoms with Crippen molar-refractivity contribution in [2.45, 2.75) is 30.0 Å². The number of thioether (sulfide) groups is 1. The molecule has 2 heterocycles. The van der Waals surface area contributed by atoms with Gasteiger partial charge in [0.2, 0.25) is 5.13 Å². The lowest BCUT2D eigenvalue weighted by molar-refractivity contribution is -0.132. The van der Waals surface area contributed by atoms with E-state index < -0.39 is 17.7 Å². The maximum atomic E-state index is 13.4. The first-order chi connectivity index (χ1) is 18.2. The Morgan fingerprint density at radius 3 is 2.47 bits per heavy atom. The molecule has 38 heavy (non-hydrogen) atoms. The van der Waals surface area contributed by atoms with E-state index in [1.54, 1.807) is 42.5 Å². The van der Waals surface area contributed by atoms with Crippen LogP contribution in [-0.2, 0) is 15.3 Å². The Bertz CT molecular complexity index is 1570. The highest BCUT2D eigenvalue weighted by Gasteiger charge is 2.48. The lowest BCUT2D eigenvalue weighted by Crippen LogP contribution is -2.29. The lowest BCUT2D eigenvalue weighted by atomic mass is 9.93. The van der Waals surface area contributed by atoms with Gasteiger partial charge in [-0.15, -0.1) is 10.2 Å². The van der Waals surface area contributed by atoms with Crippen LogP contribution >= 0.6 is 34.7 Å². The molecule has 0 aliphatic carbocycles. The van der Waals surface area contributed by atoms with Crippen LogP contribution in [0.25, 0.3) is 5.76 Å². The van der Waals surface area contributed by atoms with Gasteiger partial charge in [-0.3, -0.25) is 14.5 Å². The van der Waals surface area contributed by atoms with E-state index in [-0.39, 0.29) is 22.3 Å². The van der Waals surface area contributed by atoms with E-state index in [1.165, 1.54) is 28.8 Å². The van der Waals surface area contributed by atoms with Gasteiger partial charge in [-0.05, 0) is 60.9 Å². The Labute approximate surface area is 231 Å². The predicted molar refractivity (Wildman–Crippen MR) is 148 cm³/mol. The van der Waals surface area contributed by atoms with E-state index in [1.807, 2.05) is 26.0 Å². The zero-order chi connectivity index (χ0) is 27.0. The molecule has 0 bridgehead atoms. The maximum absolute atomic E-state index is 13.4. The van der Waals surface area contributed by atoms with Crippen molar-refractivity contribution in [3.63, 3.8) is 0 Å². The first kappa shape index (κ1) is 26.1. The third kappa shape index (κ3) is 5.09. The number of hydrogen-bond donors (Lipinski definition) is 1. The summed E-state index contributed by atoms with van der Waals surface area (Å²) in [6, 6.07) is 17.6. The molecule has 1 unspecified atom stereocenters. The van der Waals surface area contributed by atoms with Crippen LogP contribution in [0.15, 0.2) is 76.6 Å². The molecule has 192 valence electrons. The van der Waals surface area contributed by atoms with Crippen LogP contribution in [0.1, 0.15) is 33.9 Å². The largest absolute Gasteiger partial charge is 0.507 e. The summed E-state index contributed by atoms with van der Waals surface area (Å²) in [5.74, 6) is -1.64. The first-order valence-corrected chi connectivity index (χ1v) is 13.8. The number of anilines is 1. The molecule has 1 atom stereocenters. The number of aliphatic hydroxyl groups excluding tert-OH is 1. The number of carbonyl (C=O) groups is 2. The Morgan fingerprint density at radius 2 is 1.76 bits per heavy atom. The van der Waals surface area contributed by atoms with Crippen molar-refractivity contribution >= 4 is 57.3 Å². The van der Waals surface area contributed by atoms with Gasteiger partial charge in [0, 0.05) is 16.3 Å². The molecule has 0 radical (unpaired) electrons. The summed E-state index contributed by atoms with van der Waals surface area (Å²) in [7, 11) is 0. The van der Waals surface area contributed by atoms with Gasteiger partial charge in [-0.25, -0.2) is 4.39 Å². The molecule has 3 aromatic carbocycles. The molecule has 1 aliphatic rings. The number of amides is 1. The van der Waals surface area contributed by atoms with Gasteiger partial charge in [0.25, 0.3) is 5.78 Å². The third-order valence-corrected chi connectivity index (χ3v) is 8.53. The average Bonchev–Trinajstić information content (AvgIpc) is 3.47. The van der Waals surface area contributed by atoms with Gasteiger partial charge in [-0.1, -0.05) is 76.7 Å². The number of Topliss-reactive ketones (excluding diaryl/α,β-unsaturated/α-hetero) is 1. The van der Waals surface area contributed by atoms with E-state index in [4.69, 9.17) is 11.6 Å². The predicted octanol–water partition coefficient (Wildman–Crippen LogP) is 6.87. The molecule has 1 saturated heterocycles. The highest BCUT2D eigenvalue weighted by Crippen LogP contribution is 2.44. The van der Waals surface area contributed by atoms with Crippen LogP contribution in [0.4, 0.5) is 9.52 Å². The quantitative estimate of drug-likeness (QED) is 0.0903. The van der Waals surface area contributed by atoms with Crippen LogP contribution in [0.3, 0.4) is 0 Å². The normalized spacial score (nSPS) is 16.8. The Morgan fingerprint density at radius 1 is 1.05 bits per heavy atom. The molecule has 1 aliphatic heterocycles. The number of aliphatic hydroxyl groups is 1. The molecule has 10 heteroatoms. The number of rotatable bonds is 6. The summed E-state index contributed by atoms with van der Waals surface area (Å²) >= 11 is 8.66. The number of carbonyl (C=O) groups excluding carboxylic acids is 2. The van der Waals surface area contributed by atoms with Crippen molar-refractivity contribution in [2.24, 2.45) is 0 Å². The van der Waals surface area contributed by atoms with E-state index in [2.05, 4.69) is 10.2 Å². The summed E-state index contributed by atoms with van der Waals surface area (Å²) in [6.07, 6.45) is 0. The van der Waals surface area contributed by atoms with Crippen molar-refractivity contribution in [1.82, 2.24) is 10.2 Å². The minimum atomic E-state index is -0.921. The Hall–Kier alpha value is -3.53. The number of aryl methyl sites for hydroxylation is 2. The van der Waals surface area contributed by atoms with Gasteiger partial charge in [0.05, 0.1) is 11.6 Å². The van der Waals surface area contributed by atoms with Crippen molar-refractivity contribution in [2.75, 3.05) is 4.90 Å². The standard InChI is InChI=1S/C28H21ClFN3O3S2/c1-15-3-4-16(2)21(13-15)24(34)22-23(18-7-9-19(29)10-8-18)33(26(36)25(22)35)27-31-32-28(38-27)37-14-17-5-11-20(30)12-6-17/h3-13,23,34H,14H2,1-2H3/b24-22+. The van der Waals surface area contributed by atoms with Crippen LogP contribution < -0.4 is 4.90 Å². The lowest BCUT2D eigenvalue weighted by Gasteiger charge is -2.22. The molecule has 1 N–H and O–H groups in total. The van der Waals surface area contributed by atoms with Crippen molar-refractivity contribution in [1.29, 1.82) is 0 Å². The minimum Gasteiger partial charge on any atom is -0.507 e. The van der Waals surface area contributed by atoms with Crippen LogP contribution in [-0.4, -0.2) is 27.0 Å². The summed E-state index contributed by atoms with van der Waals surface area (Å²) < 4.78 is 13.8. The van der Waals surface area contributed by atoms with Crippen molar-refractivity contribution in [3.8, 4) is 0 Å². The molecular formula is C28H21ClFN3O3S2. The van der Waals surface area contributed by atoms with Gasteiger partial charge >= 0.3 is 5.91 Å². The third-order valence-electron chi connectivity index (χ3n) is 6.16. The monoisotopic (exact) mass is 565 g/mol. The minimum absolute atomic E-state index is 0.0262. The highest BCUT2D eigenvalue weighted by atomic mass is 35.5. The molecule has 0 spiro atoms. The van der Waals surface area contributed by atoms with Gasteiger partial charge in [-0.2, -0.15) is 0 Å². The van der Waals surface area contributed by atoms with Crippen LogP contribution in [0.2, 0.25) is 5.02 Å². The van der Waals surface area contributed by atoms with Crippen molar-refractivity contribution in [3.05, 3.63) is 111 Å². The van der Waals surface area contributed by atoms with E-state index in [0.29, 0.717) is 26.2 Å². The Balaban J connectivity index is 1.55. The summed E-state index contributed by atoms with van der Waals surface area (Å²) in [5.41, 5.74) is 3.63. The smallest absolute Gasteiger partial charge is 0.301 e. The first-order valence-electron chi connectivity index (χ1n) is 11.6. The van der Waals surface area contributed by atoms with Crippen LogP contribution in [0.5, 0.6) is 0 Å². The molecule has 5 rings (SSSR count). The van der Waals surface area contributed by atoms with E-state index in [9.17, 15) is 19.1 Å². The fraction of sp³-hybridized carbons (Fsp3) is 0.143. The van der Waals surface area contributed by atoms with Gasteiger partial charge in [0.1, 0.15) is 11.6 Å². The number of hydrogen-bond acceptors (Lipinski definition) is 7. The Kier molecular flexibility index (Phi) is 7.34. The zero-order valence-electron chi connectivity index (χ0n) is 20.3. The molecule has 0 saturated carbocycles. The van der Waals surface area contributed by atoms with E-state index >= 15 is 0 Å². The number of aromatic nitrogens is 2. The molecule has 4 aromatic rings. The molecule has 6 nitrogen and oxygen atoms in total. The zero-order valence-corrected chi connectivity index (χ0v) is 22.7. The second kappa shape index (κ2) is 10.7. The average molecular weight is 566 g/mol. The van der Waals surface area contributed by atoms with E-state index in [0.717, 1.165) is 28.0 Å².